The van der Waals surface area contributed by atoms with Crippen molar-refractivity contribution in [2.75, 3.05) is 6.54 Å². The zero-order chi connectivity index (χ0) is 12.7. The van der Waals surface area contributed by atoms with Crippen LogP contribution in [-0.4, -0.2) is 6.54 Å². The Balaban J connectivity index is 2.65. The highest BCUT2D eigenvalue weighted by Gasteiger charge is 2.11. The van der Waals surface area contributed by atoms with Crippen LogP contribution in [0.15, 0.2) is 30.4 Å². The molecule has 0 saturated heterocycles. The van der Waals surface area contributed by atoms with Gasteiger partial charge in [0.2, 0.25) is 0 Å². The van der Waals surface area contributed by atoms with Gasteiger partial charge in [-0.2, -0.15) is 0 Å². The molecule has 1 atom stereocenters. The Kier molecular flexibility index (Phi) is 6.64. The van der Waals surface area contributed by atoms with E-state index < -0.39 is 0 Å². The molecule has 94 valence electrons. The fourth-order valence-corrected chi connectivity index (χ4v) is 2.31. The van der Waals surface area contributed by atoms with E-state index in [1.807, 2.05) is 19.1 Å². The molecule has 0 aliphatic carbocycles. The first-order chi connectivity index (χ1) is 8.19. The second kappa shape index (κ2) is 7.75. The lowest BCUT2D eigenvalue weighted by Crippen LogP contribution is -2.21. The van der Waals surface area contributed by atoms with E-state index in [1.54, 1.807) is 6.07 Å². The Morgan fingerprint density at radius 2 is 2.12 bits per heavy atom. The maximum Gasteiger partial charge on any atom is 0.0468 e. The molecule has 1 N–H and O–H groups in total. The highest BCUT2D eigenvalue weighted by molar-refractivity contribution is 6.35. The fraction of sp³-hybridized carbons (Fsp3) is 0.429. The predicted molar refractivity (Wildman–Crippen MR) is 76.9 cm³/mol. The smallest absolute Gasteiger partial charge is 0.0468 e. The minimum absolute atomic E-state index is 0.296. The molecule has 1 unspecified atom stereocenters. The molecule has 0 radical (unpaired) electrons. The summed E-state index contributed by atoms with van der Waals surface area (Å²) < 4.78 is 0. The Bertz CT molecular complexity index is 374. The van der Waals surface area contributed by atoms with E-state index in [9.17, 15) is 0 Å². The zero-order valence-corrected chi connectivity index (χ0v) is 11.9. The Labute approximate surface area is 114 Å². The van der Waals surface area contributed by atoms with E-state index in [2.05, 4.69) is 24.4 Å². The normalized spacial score (nSPS) is 13.2. The van der Waals surface area contributed by atoms with E-state index in [4.69, 9.17) is 23.2 Å². The summed E-state index contributed by atoms with van der Waals surface area (Å²) in [4.78, 5) is 0. The van der Waals surface area contributed by atoms with Gasteiger partial charge >= 0.3 is 0 Å². The summed E-state index contributed by atoms with van der Waals surface area (Å²) >= 11 is 12.1. The molecule has 0 aliphatic rings. The van der Waals surface area contributed by atoms with Crippen LogP contribution >= 0.6 is 23.2 Å². The average molecular weight is 272 g/mol. The van der Waals surface area contributed by atoms with Crippen molar-refractivity contribution in [1.29, 1.82) is 0 Å². The first-order valence-electron chi connectivity index (χ1n) is 5.98. The summed E-state index contributed by atoms with van der Waals surface area (Å²) in [6.07, 6.45) is 6.27. The third-order valence-corrected chi connectivity index (χ3v) is 3.25. The number of hydrogen-bond donors (Lipinski definition) is 1. The molecule has 0 saturated carbocycles. The number of allylic oxidation sites excluding steroid dienone is 1. The summed E-state index contributed by atoms with van der Waals surface area (Å²) in [5.74, 6) is 0. The van der Waals surface area contributed by atoms with E-state index in [-0.39, 0.29) is 0 Å². The van der Waals surface area contributed by atoms with Gasteiger partial charge in [0.1, 0.15) is 0 Å². The molecule has 0 bridgehead atoms. The van der Waals surface area contributed by atoms with Crippen LogP contribution in [0.3, 0.4) is 0 Å². The highest BCUT2D eigenvalue weighted by atomic mass is 35.5. The molecule has 1 rings (SSSR count). The van der Waals surface area contributed by atoms with E-state index in [1.165, 1.54) is 0 Å². The van der Waals surface area contributed by atoms with Gasteiger partial charge in [0.05, 0.1) is 0 Å². The molecule has 0 amide bonds. The molecule has 17 heavy (non-hydrogen) atoms. The number of hydrogen-bond acceptors (Lipinski definition) is 1. The van der Waals surface area contributed by atoms with Crippen LogP contribution in [-0.2, 0) is 0 Å². The van der Waals surface area contributed by atoms with Crippen LogP contribution in [0.4, 0.5) is 0 Å². The first-order valence-corrected chi connectivity index (χ1v) is 6.74. The minimum atomic E-state index is 0.296. The molecule has 1 aromatic rings. The Morgan fingerprint density at radius 3 is 2.71 bits per heavy atom. The lowest BCUT2D eigenvalue weighted by Gasteiger charge is -2.18. The molecular formula is C14H19Cl2N. The van der Waals surface area contributed by atoms with E-state index >= 15 is 0 Å². The van der Waals surface area contributed by atoms with Crippen LogP contribution in [0, 0.1) is 0 Å². The van der Waals surface area contributed by atoms with E-state index in [0.29, 0.717) is 11.1 Å². The fourth-order valence-electron chi connectivity index (χ4n) is 1.77. The van der Waals surface area contributed by atoms with Crippen LogP contribution < -0.4 is 5.32 Å². The highest BCUT2D eigenvalue weighted by Crippen LogP contribution is 2.27. The summed E-state index contributed by atoms with van der Waals surface area (Å²) in [6, 6.07) is 5.99. The molecule has 3 heteroatoms. The van der Waals surface area contributed by atoms with Gasteiger partial charge in [0.15, 0.2) is 0 Å². The molecule has 1 aromatic carbocycles. The van der Waals surface area contributed by atoms with Crippen molar-refractivity contribution < 1.29 is 0 Å². The van der Waals surface area contributed by atoms with Crippen molar-refractivity contribution >= 4 is 23.2 Å². The molecule has 0 spiro atoms. The van der Waals surface area contributed by atoms with Gasteiger partial charge in [-0.15, -0.1) is 0 Å². The molecule has 1 nitrogen and oxygen atoms in total. The lowest BCUT2D eigenvalue weighted by molar-refractivity contribution is 0.525. The molecule has 0 fully saturated rings. The van der Waals surface area contributed by atoms with Crippen molar-refractivity contribution in [2.45, 2.75) is 32.7 Å². The molecule has 0 aromatic heterocycles. The SMILES string of the molecule is C/C=C/CCNC(CC)c1ccc(Cl)cc1Cl. The van der Waals surface area contributed by atoms with Gasteiger partial charge in [-0.3, -0.25) is 0 Å². The Hall–Kier alpha value is -0.500. The monoisotopic (exact) mass is 271 g/mol. The quantitative estimate of drug-likeness (QED) is 0.567. The molecule has 0 aliphatic heterocycles. The third-order valence-electron chi connectivity index (χ3n) is 2.68. The number of halogens is 2. The van der Waals surface area contributed by atoms with Gasteiger partial charge in [0.25, 0.3) is 0 Å². The van der Waals surface area contributed by atoms with Gasteiger partial charge in [0, 0.05) is 16.1 Å². The zero-order valence-electron chi connectivity index (χ0n) is 10.3. The Morgan fingerprint density at radius 1 is 1.35 bits per heavy atom. The standard InChI is InChI=1S/C14H19Cl2N/c1-3-5-6-9-17-14(4-2)12-8-7-11(15)10-13(12)16/h3,5,7-8,10,14,17H,4,6,9H2,1-2H3/b5-3+. The van der Waals surface area contributed by atoms with Crippen LogP contribution in [0.5, 0.6) is 0 Å². The lowest BCUT2D eigenvalue weighted by atomic mass is 10.0. The molecular weight excluding hydrogens is 253 g/mol. The van der Waals surface area contributed by atoms with E-state index in [0.717, 1.165) is 30.0 Å². The second-order valence-corrected chi connectivity index (χ2v) is 4.78. The van der Waals surface area contributed by atoms with Gasteiger partial charge in [-0.25, -0.2) is 0 Å². The maximum absolute atomic E-state index is 6.20. The van der Waals surface area contributed by atoms with Crippen molar-refractivity contribution in [3.05, 3.63) is 46.0 Å². The van der Waals surface area contributed by atoms with Crippen molar-refractivity contribution in [3.63, 3.8) is 0 Å². The number of nitrogens with one attached hydrogen (secondary N) is 1. The second-order valence-electron chi connectivity index (χ2n) is 3.94. The van der Waals surface area contributed by atoms with Gasteiger partial charge in [-0.05, 0) is 44.0 Å². The van der Waals surface area contributed by atoms with Gasteiger partial charge < -0.3 is 5.32 Å². The summed E-state index contributed by atoms with van der Waals surface area (Å²) in [5.41, 5.74) is 1.12. The summed E-state index contributed by atoms with van der Waals surface area (Å²) in [5, 5.41) is 4.92. The third kappa shape index (κ3) is 4.71. The predicted octanol–water partition coefficient (Wildman–Crippen LogP) is 5.00. The average Bonchev–Trinajstić information content (AvgIpc) is 2.31. The summed E-state index contributed by atoms with van der Waals surface area (Å²) in [7, 11) is 0. The molecule has 0 heterocycles. The van der Waals surface area contributed by atoms with Crippen molar-refractivity contribution in [1.82, 2.24) is 5.32 Å². The summed E-state index contributed by atoms with van der Waals surface area (Å²) in [6.45, 7) is 5.15. The largest absolute Gasteiger partial charge is 0.310 e. The maximum atomic E-state index is 6.20. The van der Waals surface area contributed by atoms with Crippen molar-refractivity contribution in [3.8, 4) is 0 Å². The minimum Gasteiger partial charge on any atom is -0.310 e. The van der Waals surface area contributed by atoms with Crippen LogP contribution in [0.2, 0.25) is 10.0 Å². The topological polar surface area (TPSA) is 12.0 Å². The number of benzene rings is 1. The van der Waals surface area contributed by atoms with Gasteiger partial charge in [-0.1, -0.05) is 48.3 Å². The number of rotatable bonds is 6. The van der Waals surface area contributed by atoms with Crippen LogP contribution in [0.25, 0.3) is 0 Å². The van der Waals surface area contributed by atoms with Crippen molar-refractivity contribution in [2.24, 2.45) is 0 Å². The first kappa shape index (κ1) is 14.6. The van der Waals surface area contributed by atoms with Crippen LogP contribution in [0.1, 0.15) is 38.3 Å².